The van der Waals surface area contributed by atoms with Gasteiger partial charge in [0.2, 0.25) is 5.82 Å². The summed E-state index contributed by atoms with van der Waals surface area (Å²) in [6.45, 7) is 3.18. The maximum atomic E-state index is 13.9. The van der Waals surface area contributed by atoms with Crippen LogP contribution in [0.5, 0.6) is 11.5 Å². The van der Waals surface area contributed by atoms with Crippen molar-refractivity contribution >= 4 is 29.8 Å². The summed E-state index contributed by atoms with van der Waals surface area (Å²) in [5.41, 5.74) is 7.14. The predicted octanol–water partition coefficient (Wildman–Crippen LogP) is 2.67. The zero-order valence-electron chi connectivity index (χ0n) is 16.8. The number of nitrogens with zero attached hydrogens (tertiary/aromatic N) is 3. The first-order valence-corrected chi connectivity index (χ1v) is 9.89. The van der Waals surface area contributed by atoms with E-state index in [0.717, 1.165) is 25.7 Å². The molecule has 4 N–H and O–H groups in total. The number of nitrogens with two attached hydrogens (primary N) is 1. The summed E-state index contributed by atoms with van der Waals surface area (Å²) in [4.78, 5) is 14.4. The number of carbonyl (C=O) groups excluding carboxylic acids is 1. The third-order valence-corrected chi connectivity index (χ3v) is 5.45. The molecule has 5 rings (SSSR count). The molecule has 32 heavy (non-hydrogen) atoms. The summed E-state index contributed by atoms with van der Waals surface area (Å²) in [5.74, 6) is -1.86. The molecule has 8 nitrogen and oxygen atoms in total. The molecule has 1 saturated heterocycles. The second-order valence-electron chi connectivity index (χ2n) is 7.40. The highest BCUT2D eigenvalue weighted by atomic mass is 35.5. The van der Waals surface area contributed by atoms with E-state index in [1.807, 2.05) is 0 Å². The van der Waals surface area contributed by atoms with Gasteiger partial charge in [0.25, 0.3) is 5.91 Å². The number of fused-ring (bicyclic) bond motifs is 1. The molecule has 1 fully saturated rings. The van der Waals surface area contributed by atoms with Crippen LogP contribution < -0.4 is 26.0 Å². The smallest absolute Gasteiger partial charge is 0.269 e. The largest absolute Gasteiger partial charge is 0.454 e. The van der Waals surface area contributed by atoms with Crippen LogP contribution in [0.4, 0.5) is 20.3 Å². The Labute approximate surface area is 188 Å². The number of aromatic nitrogens is 2. The number of ether oxygens (including phenoxy) is 1. The Hall–Kier alpha value is -3.37. The molecule has 0 atom stereocenters. The van der Waals surface area contributed by atoms with Crippen LogP contribution in [0, 0.1) is 11.6 Å². The molecule has 168 valence electrons. The number of anilines is 2. The van der Waals surface area contributed by atoms with Gasteiger partial charge in [0.1, 0.15) is 11.4 Å². The first-order valence-electron chi connectivity index (χ1n) is 9.89. The second-order valence-corrected chi connectivity index (χ2v) is 7.40. The highest BCUT2D eigenvalue weighted by molar-refractivity contribution is 6.00. The highest BCUT2D eigenvalue weighted by Gasteiger charge is 2.34. The van der Waals surface area contributed by atoms with E-state index < -0.39 is 17.5 Å². The molecule has 2 aliphatic rings. The van der Waals surface area contributed by atoms with E-state index in [4.69, 9.17) is 10.5 Å². The van der Waals surface area contributed by atoms with Gasteiger partial charge >= 0.3 is 0 Å². The lowest BCUT2D eigenvalue weighted by Crippen LogP contribution is -2.59. The molecule has 0 bridgehead atoms. The Morgan fingerprint density at radius 2 is 1.91 bits per heavy atom. The molecule has 1 aromatic heterocycles. The monoisotopic (exact) mass is 462 g/mol. The van der Waals surface area contributed by atoms with Crippen LogP contribution in [-0.4, -0.2) is 47.9 Å². The molecule has 0 radical (unpaired) electrons. The van der Waals surface area contributed by atoms with Gasteiger partial charge in [0.15, 0.2) is 23.1 Å². The van der Waals surface area contributed by atoms with Crippen molar-refractivity contribution in [3.8, 4) is 17.2 Å². The van der Waals surface area contributed by atoms with E-state index in [2.05, 4.69) is 20.6 Å². The number of nitrogens with one attached hydrogen (secondary N) is 2. The first-order chi connectivity index (χ1) is 15.0. The van der Waals surface area contributed by atoms with Gasteiger partial charge in [-0.1, -0.05) is 6.07 Å². The quantitative estimate of drug-likeness (QED) is 0.539. The van der Waals surface area contributed by atoms with Crippen molar-refractivity contribution in [1.29, 1.82) is 0 Å². The Balaban J connectivity index is 0.00000245. The van der Waals surface area contributed by atoms with Gasteiger partial charge < -0.3 is 26.0 Å². The van der Waals surface area contributed by atoms with Crippen molar-refractivity contribution in [2.24, 2.45) is 5.73 Å². The van der Waals surface area contributed by atoms with Crippen LogP contribution in [0.3, 0.4) is 0 Å². The zero-order valence-corrected chi connectivity index (χ0v) is 17.7. The Morgan fingerprint density at radius 3 is 2.56 bits per heavy atom. The molecule has 11 heteroatoms. The number of rotatable bonds is 5. The number of halogens is 3. The molecule has 2 aromatic carbocycles. The van der Waals surface area contributed by atoms with E-state index in [1.165, 1.54) is 16.8 Å². The Kier molecular flexibility index (Phi) is 5.90. The molecular weight excluding hydrogens is 442 g/mol. The molecule has 1 amide bonds. The van der Waals surface area contributed by atoms with Crippen molar-refractivity contribution < 1.29 is 18.3 Å². The number of benzene rings is 2. The Bertz CT molecular complexity index is 1150. The van der Waals surface area contributed by atoms with Gasteiger partial charge in [-0.15, -0.1) is 17.5 Å². The van der Waals surface area contributed by atoms with Gasteiger partial charge in [-0.25, -0.2) is 9.07 Å². The van der Waals surface area contributed by atoms with Gasteiger partial charge in [-0.2, -0.15) is 4.39 Å². The van der Waals surface area contributed by atoms with Crippen LogP contribution in [0.15, 0.2) is 42.5 Å². The third kappa shape index (κ3) is 3.71. The Morgan fingerprint density at radius 1 is 1.16 bits per heavy atom. The van der Waals surface area contributed by atoms with Crippen molar-refractivity contribution in [3.63, 3.8) is 0 Å². The van der Waals surface area contributed by atoms with Crippen LogP contribution in [-0.2, 0) is 0 Å². The van der Waals surface area contributed by atoms with E-state index >= 15 is 0 Å². The zero-order chi connectivity index (χ0) is 21.5. The van der Waals surface area contributed by atoms with Crippen molar-refractivity contribution in [2.45, 2.75) is 6.04 Å². The van der Waals surface area contributed by atoms with Crippen LogP contribution in [0.2, 0.25) is 0 Å². The molecule has 0 saturated carbocycles. The fraction of sp³-hybridized carbons (Fsp3) is 0.238. The lowest BCUT2D eigenvalue weighted by Gasteiger charge is -2.40. The summed E-state index contributed by atoms with van der Waals surface area (Å²) in [5, 5.41) is 11.2. The minimum absolute atomic E-state index is 0. The van der Waals surface area contributed by atoms with E-state index in [9.17, 15) is 13.6 Å². The minimum Gasteiger partial charge on any atom is -0.454 e. The summed E-state index contributed by atoms with van der Waals surface area (Å²) in [7, 11) is 0. The lowest BCUT2D eigenvalue weighted by atomic mass is 10.1. The predicted molar refractivity (Wildman–Crippen MR) is 118 cm³/mol. The number of carbonyl (C=O) groups is 1. The standard InChI is InChI=1S/C21H20F2N6O2.ClH/c22-15-2-1-3-16(17(15)23)31-14-6-4-12(5-7-14)29-19(20(24)30)18-21(27-29)28(9-8-26-18)13-10-25-11-13;/h1-7,13,25-26H,8-11H2,(H2,24,30);1H. The summed E-state index contributed by atoms with van der Waals surface area (Å²) >= 11 is 0. The van der Waals surface area contributed by atoms with E-state index in [1.54, 1.807) is 24.3 Å². The van der Waals surface area contributed by atoms with Crippen LogP contribution in [0.1, 0.15) is 10.5 Å². The van der Waals surface area contributed by atoms with E-state index in [0.29, 0.717) is 35.5 Å². The van der Waals surface area contributed by atoms with Gasteiger partial charge in [-0.3, -0.25) is 4.79 Å². The number of hydrogen-bond donors (Lipinski definition) is 3. The second kappa shape index (κ2) is 8.64. The fourth-order valence-electron chi connectivity index (χ4n) is 3.79. The van der Waals surface area contributed by atoms with Crippen molar-refractivity contribution in [2.75, 3.05) is 36.4 Å². The maximum Gasteiger partial charge on any atom is 0.269 e. The van der Waals surface area contributed by atoms with Crippen molar-refractivity contribution in [3.05, 3.63) is 59.8 Å². The summed E-state index contributed by atoms with van der Waals surface area (Å²) in [6, 6.07) is 10.6. The van der Waals surface area contributed by atoms with E-state index in [-0.39, 0.29) is 23.9 Å². The number of primary amides is 1. The molecule has 2 aliphatic heterocycles. The molecular formula is C21H21ClF2N6O2. The minimum atomic E-state index is -1.06. The van der Waals surface area contributed by atoms with Crippen LogP contribution in [0.25, 0.3) is 5.69 Å². The van der Waals surface area contributed by atoms with Gasteiger partial charge in [0.05, 0.1) is 11.7 Å². The average Bonchev–Trinajstić information content (AvgIpc) is 3.11. The van der Waals surface area contributed by atoms with Crippen molar-refractivity contribution in [1.82, 2.24) is 15.1 Å². The first kappa shape index (κ1) is 21.8. The topological polar surface area (TPSA) is 97.4 Å². The molecule has 3 heterocycles. The highest BCUT2D eigenvalue weighted by Crippen LogP contribution is 2.35. The summed E-state index contributed by atoms with van der Waals surface area (Å²) in [6.07, 6.45) is 0. The average molecular weight is 463 g/mol. The normalized spacial score (nSPS) is 15.2. The molecule has 0 spiro atoms. The maximum absolute atomic E-state index is 13.9. The summed E-state index contributed by atoms with van der Waals surface area (Å²) < 4.78 is 34.2. The molecule has 0 unspecified atom stereocenters. The van der Waals surface area contributed by atoms with Gasteiger partial charge in [0, 0.05) is 26.2 Å². The van der Waals surface area contributed by atoms with Crippen LogP contribution >= 0.6 is 12.4 Å². The number of hydrogen-bond acceptors (Lipinski definition) is 6. The van der Waals surface area contributed by atoms with Gasteiger partial charge in [-0.05, 0) is 36.4 Å². The molecule has 3 aromatic rings. The third-order valence-electron chi connectivity index (χ3n) is 5.45. The fourth-order valence-corrected chi connectivity index (χ4v) is 3.79. The SMILES string of the molecule is Cl.NC(=O)c1c2c(nn1-c1ccc(Oc3cccc(F)c3F)cc1)N(C1CNC1)CCN2. The number of amides is 1. The molecule has 0 aliphatic carbocycles. The lowest BCUT2D eigenvalue weighted by molar-refractivity contribution is 0.0993.